The number of hydrogen-bond acceptors (Lipinski definition) is 4. The molecule has 0 aliphatic heterocycles. The molecule has 1 aliphatic carbocycles. The fraction of sp³-hybridized carbons (Fsp3) is 0.320. The monoisotopic (exact) mass is 489 g/mol. The van der Waals surface area contributed by atoms with Crippen LogP contribution in [0.4, 0.5) is 13.2 Å². The van der Waals surface area contributed by atoms with E-state index in [0.29, 0.717) is 11.1 Å². The molecule has 0 spiro atoms. The van der Waals surface area contributed by atoms with E-state index in [9.17, 15) is 18.0 Å². The second-order valence-electron chi connectivity index (χ2n) is 8.54. The predicted octanol–water partition coefficient (Wildman–Crippen LogP) is 6.39. The molecule has 34 heavy (non-hydrogen) atoms. The van der Waals surface area contributed by atoms with Crippen LogP contribution in [0, 0.1) is 26.6 Å². The molecule has 5 nitrogen and oxygen atoms in total. The number of halogens is 4. The molecule has 1 aromatic heterocycles. The molecular weight excluding hydrogens is 467 g/mol. The number of nitrogens with zero attached hydrogens (tertiary/aromatic N) is 2. The molecule has 0 atom stereocenters. The maximum absolute atomic E-state index is 14.9. The maximum Gasteiger partial charge on any atom is 0.290 e. The summed E-state index contributed by atoms with van der Waals surface area (Å²) in [7, 11) is 0. The van der Waals surface area contributed by atoms with E-state index >= 15 is 0 Å². The zero-order chi connectivity index (χ0) is 24.6. The van der Waals surface area contributed by atoms with Crippen molar-refractivity contribution in [3.8, 4) is 11.6 Å². The number of alkyl halides is 2. The predicted molar refractivity (Wildman–Crippen MR) is 122 cm³/mol. The highest BCUT2D eigenvalue weighted by molar-refractivity contribution is 6.30. The van der Waals surface area contributed by atoms with Gasteiger partial charge in [-0.05, 0) is 56.7 Å². The summed E-state index contributed by atoms with van der Waals surface area (Å²) in [6.07, 6.45) is 1.78. The van der Waals surface area contributed by atoms with Crippen LogP contribution in [0.5, 0.6) is 11.6 Å². The lowest BCUT2D eigenvalue weighted by molar-refractivity contribution is -0.00311. The van der Waals surface area contributed by atoms with Crippen LogP contribution in [0.25, 0.3) is 0 Å². The van der Waals surface area contributed by atoms with Gasteiger partial charge in [-0.15, -0.1) is 10.2 Å². The van der Waals surface area contributed by atoms with Crippen LogP contribution in [-0.4, -0.2) is 22.6 Å². The summed E-state index contributed by atoms with van der Waals surface area (Å²) in [5, 5.41) is 9.67. The van der Waals surface area contributed by atoms with Crippen LogP contribution < -0.4 is 10.1 Å². The second kappa shape index (κ2) is 9.25. The van der Waals surface area contributed by atoms with Crippen LogP contribution in [0.1, 0.15) is 56.9 Å². The van der Waals surface area contributed by atoms with Crippen LogP contribution in [0.15, 0.2) is 36.4 Å². The summed E-state index contributed by atoms with van der Waals surface area (Å²) in [6.45, 7) is 3.92. The number of benzene rings is 2. The Hall–Kier alpha value is -3.13. The van der Waals surface area contributed by atoms with Crippen LogP contribution in [0.3, 0.4) is 0 Å². The number of amides is 1. The van der Waals surface area contributed by atoms with E-state index in [4.69, 9.17) is 16.3 Å². The van der Waals surface area contributed by atoms with E-state index in [1.165, 1.54) is 19.1 Å². The first-order valence-electron chi connectivity index (χ1n) is 10.8. The molecule has 1 heterocycles. The Kier molecular flexibility index (Phi) is 6.53. The van der Waals surface area contributed by atoms with E-state index in [2.05, 4.69) is 15.5 Å². The number of aromatic nitrogens is 2. The van der Waals surface area contributed by atoms with Crippen molar-refractivity contribution in [3.63, 3.8) is 0 Å². The van der Waals surface area contributed by atoms with Gasteiger partial charge in [0.05, 0.1) is 6.54 Å². The number of rotatable bonds is 7. The van der Waals surface area contributed by atoms with Gasteiger partial charge in [-0.1, -0.05) is 47.5 Å². The second-order valence-corrected chi connectivity index (χ2v) is 8.90. The Morgan fingerprint density at radius 3 is 2.59 bits per heavy atom. The van der Waals surface area contributed by atoms with Crippen LogP contribution in [-0.2, 0) is 5.92 Å². The maximum atomic E-state index is 14.9. The van der Waals surface area contributed by atoms with Gasteiger partial charge < -0.3 is 10.1 Å². The van der Waals surface area contributed by atoms with Crippen molar-refractivity contribution >= 4 is 17.5 Å². The van der Waals surface area contributed by atoms with Gasteiger partial charge in [0.15, 0.2) is 16.7 Å². The molecule has 3 aromatic rings. The van der Waals surface area contributed by atoms with Gasteiger partial charge >= 0.3 is 0 Å². The minimum Gasteiger partial charge on any atom is -0.434 e. The zero-order valence-electron chi connectivity index (χ0n) is 18.9. The Morgan fingerprint density at radius 2 is 1.91 bits per heavy atom. The van der Waals surface area contributed by atoms with Crippen molar-refractivity contribution in [1.82, 2.24) is 15.5 Å². The fourth-order valence-electron chi connectivity index (χ4n) is 3.84. The van der Waals surface area contributed by atoms with Gasteiger partial charge in [0.1, 0.15) is 5.56 Å². The molecule has 1 aliphatic rings. The number of ether oxygens (including phenoxy) is 1. The number of aryl methyl sites for hydroxylation is 2. The summed E-state index contributed by atoms with van der Waals surface area (Å²) in [5.74, 6) is -5.07. The highest BCUT2D eigenvalue weighted by Gasteiger charge is 2.35. The van der Waals surface area contributed by atoms with E-state index in [-0.39, 0.29) is 39.4 Å². The third-order valence-corrected chi connectivity index (χ3v) is 6.18. The highest BCUT2D eigenvalue weighted by atomic mass is 35.5. The SMILES string of the molecule is Cc1ccc(C(F)(F)CNC(=O)c2c(Oc3cccc(C4CC4)c3F)nnc(Cl)c2C)c(C)c1. The van der Waals surface area contributed by atoms with Gasteiger partial charge in [0.25, 0.3) is 17.7 Å². The normalized spacial score (nSPS) is 13.6. The van der Waals surface area contributed by atoms with E-state index in [1.807, 2.05) is 6.92 Å². The topological polar surface area (TPSA) is 64.1 Å². The largest absolute Gasteiger partial charge is 0.434 e. The minimum absolute atomic E-state index is 0.0918. The number of carbonyl (C=O) groups is 1. The fourth-order valence-corrected chi connectivity index (χ4v) is 3.97. The van der Waals surface area contributed by atoms with Gasteiger partial charge in [0, 0.05) is 11.1 Å². The molecule has 0 unspecified atom stereocenters. The summed E-state index contributed by atoms with van der Waals surface area (Å²) in [6, 6.07) is 9.32. The highest BCUT2D eigenvalue weighted by Crippen LogP contribution is 2.43. The molecule has 9 heteroatoms. The summed E-state index contributed by atoms with van der Waals surface area (Å²) < 4.78 is 50.3. The molecule has 2 aromatic carbocycles. The summed E-state index contributed by atoms with van der Waals surface area (Å²) in [4.78, 5) is 13.0. The first-order valence-corrected chi connectivity index (χ1v) is 11.2. The Bertz CT molecular complexity index is 1260. The van der Waals surface area contributed by atoms with Crippen LogP contribution >= 0.6 is 11.6 Å². The molecule has 1 saturated carbocycles. The lowest BCUT2D eigenvalue weighted by Gasteiger charge is -2.20. The zero-order valence-corrected chi connectivity index (χ0v) is 19.6. The van der Waals surface area contributed by atoms with Crippen LogP contribution in [0.2, 0.25) is 5.15 Å². The van der Waals surface area contributed by atoms with Crippen molar-refractivity contribution in [3.05, 3.63) is 80.7 Å². The van der Waals surface area contributed by atoms with Gasteiger partial charge in [-0.3, -0.25) is 4.79 Å². The summed E-state index contributed by atoms with van der Waals surface area (Å²) in [5.41, 5.74) is 1.60. The van der Waals surface area contributed by atoms with Gasteiger partial charge in [-0.2, -0.15) is 8.78 Å². The molecule has 0 saturated heterocycles. The van der Waals surface area contributed by atoms with Crippen molar-refractivity contribution in [2.24, 2.45) is 0 Å². The third-order valence-electron chi connectivity index (χ3n) is 5.82. The van der Waals surface area contributed by atoms with Crippen molar-refractivity contribution < 1.29 is 22.7 Å². The average Bonchev–Trinajstić information content (AvgIpc) is 3.61. The molecule has 1 fully saturated rings. The quantitative estimate of drug-likeness (QED) is 0.418. The third kappa shape index (κ3) is 4.87. The Balaban J connectivity index is 1.59. The number of carbonyl (C=O) groups excluding carboxylic acids is 1. The molecule has 4 rings (SSSR count). The lowest BCUT2D eigenvalue weighted by atomic mass is 10.00. The van der Waals surface area contributed by atoms with Gasteiger partial charge in [-0.25, -0.2) is 4.39 Å². The van der Waals surface area contributed by atoms with E-state index in [0.717, 1.165) is 18.4 Å². The standard InChI is InChI=1S/C25H23ClF3N3O2/c1-13-7-10-18(14(2)11-13)25(28,29)12-30-23(33)20-15(3)22(26)31-32-24(20)34-19-6-4-5-17(21(19)27)16-8-9-16/h4-7,10-11,16H,8-9,12H2,1-3H3,(H,30,33). The average molecular weight is 490 g/mol. The molecule has 1 amide bonds. The van der Waals surface area contributed by atoms with Crippen molar-refractivity contribution in [1.29, 1.82) is 0 Å². The molecular formula is C25H23ClF3N3O2. The molecule has 178 valence electrons. The Labute approximate surface area is 200 Å². The number of nitrogens with one attached hydrogen (secondary N) is 1. The minimum atomic E-state index is -3.32. The smallest absolute Gasteiger partial charge is 0.290 e. The van der Waals surface area contributed by atoms with Crippen molar-refractivity contribution in [2.75, 3.05) is 6.54 Å². The van der Waals surface area contributed by atoms with E-state index in [1.54, 1.807) is 31.2 Å². The van der Waals surface area contributed by atoms with E-state index < -0.39 is 24.2 Å². The van der Waals surface area contributed by atoms with Crippen molar-refractivity contribution in [2.45, 2.75) is 45.5 Å². The lowest BCUT2D eigenvalue weighted by Crippen LogP contribution is -2.36. The molecule has 0 radical (unpaired) electrons. The molecule has 1 N–H and O–H groups in total. The number of hydrogen-bond donors (Lipinski definition) is 1. The van der Waals surface area contributed by atoms with Gasteiger partial charge in [0.2, 0.25) is 0 Å². The summed E-state index contributed by atoms with van der Waals surface area (Å²) >= 11 is 6.03. The molecule has 0 bridgehead atoms. The Morgan fingerprint density at radius 1 is 1.18 bits per heavy atom. The first kappa shape index (κ1) is 24.0. The first-order chi connectivity index (χ1) is 16.1.